The fraction of sp³-hybridized carbons (Fsp3) is 0.0588. The van der Waals surface area contributed by atoms with E-state index < -0.39 is 10.8 Å². The van der Waals surface area contributed by atoms with Crippen molar-refractivity contribution in [1.82, 2.24) is 19.8 Å². The number of ether oxygens (including phenoxy) is 1. The molecule has 0 atom stereocenters. The molecule has 0 bridgehead atoms. The number of hydrogen-bond donors (Lipinski definition) is 1. The van der Waals surface area contributed by atoms with Crippen molar-refractivity contribution in [3.63, 3.8) is 0 Å². The number of anilines is 1. The first-order valence-electron chi connectivity index (χ1n) is 8.03. The normalized spacial score (nSPS) is 10.7. The van der Waals surface area contributed by atoms with Crippen LogP contribution in [-0.4, -0.2) is 37.2 Å². The molecule has 1 N–H and O–H groups in total. The molecule has 2 aromatic heterocycles. The third-order valence-corrected chi connectivity index (χ3v) is 4.69. The number of carbonyl (C=O) groups excluding carboxylic acids is 1. The van der Waals surface area contributed by atoms with Crippen LogP contribution in [0.4, 0.5) is 11.4 Å². The van der Waals surface area contributed by atoms with Gasteiger partial charge < -0.3 is 10.1 Å². The van der Waals surface area contributed by atoms with Crippen LogP contribution in [0.3, 0.4) is 0 Å². The molecule has 4 rings (SSSR count). The van der Waals surface area contributed by atoms with Crippen LogP contribution in [0.5, 0.6) is 5.75 Å². The minimum absolute atomic E-state index is 0.0428. The molecule has 1 amide bonds. The number of nitrogens with one attached hydrogen (secondary N) is 1. The highest BCUT2D eigenvalue weighted by Gasteiger charge is 2.15. The average Bonchev–Trinajstić information content (AvgIpc) is 3.29. The largest absolute Gasteiger partial charge is 0.477 e. The predicted octanol–water partition coefficient (Wildman–Crippen LogP) is 2.78. The fourth-order valence-electron chi connectivity index (χ4n) is 2.44. The standard InChI is InChI=1S/C17H12N6O4S/c24-15(9-27-14-4-2-1-3-13(14)23(25)26)19-12-7-5-11(6-8-12)16-21-22-10-18-20-17(22)28-16/h1-8,10H,9H2,(H,19,24). The van der Waals surface area contributed by atoms with Crippen molar-refractivity contribution in [3.05, 3.63) is 65.0 Å². The number of rotatable bonds is 6. The molecule has 28 heavy (non-hydrogen) atoms. The molecule has 4 aromatic rings. The number of nitrogens with zero attached hydrogens (tertiary/aromatic N) is 5. The zero-order valence-electron chi connectivity index (χ0n) is 14.2. The Kier molecular flexibility index (Phi) is 4.64. The highest BCUT2D eigenvalue weighted by molar-refractivity contribution is 7.19. The van der Waals surface area contributed by atoms with E-state index in [1.54, 1.807) is 22.7 Å². The van der Waals surface area contributed by atoms with Gasteiger partial charge in [0.15, 0.2) is 12.4 Å². The molecule has 2 aromatic carbocycles. The SMILES string of the molecule is O=C(COc1ccccc1[N+](=O)[O-])Nc1ccc(-c2nn3cnnc3s2)cc1. The maximum Gasteiger partial charge on any atom is 0.310 e. The Morgan fingerprint density at radius 3 is 2.75 bits per heavy atom. The van der Waals surface area contributed by atoms with Crippen LogP contribution in [0.15, 0.2) is 54.9 Å². The van der Waals surface area contributed by atoms with E-state index >= 15 is 0 Å². The van der Waals surface area contributed by atoms with Gasteiger partial charge in [-0.25, -0.2) is 0 Å². The Balaban J connectivity index is 1.38. The summed E-state index contributed by atoms with van der Waals surface area (Å²) in [6.07, 6.45) is 1.53. The number of para-hydroxylation sites is 2. The summed E-state index contributed by atoms with van der Waals surface area (Å²) in [4.78, 5) is 23.2. The minimum Gasteiger partial charge on any atom is -0.477 e. The van der Waals surface area contributed by atoms with Crippen LogP contribution < -0.4 is 10.1 Å². The first kappa shape index (κ1) is 17.5. The number of nitro groups is 1. The molecule has 11 heteroatoms. The van der Waals surface area contributed by atoms with Gasteiger partial charge in [-0.2, -0.15) is 9.61 Å². The summed E-state index contributed by atoms with van der Waals surface area (Å²) in [6.45, 7) is -0.344. The second-order valence-corrected chi connectivity index (χ2v) is 6.56. The second-order valence-electron chi connectivity index (χ2n) is 5.60. The fourth-order valence-corrected chi connectivity index (χ4v) is 3.27. The summed E-state index contributed by atoms with van der Waals surface area (Å²) < 4.78 is 6.87. The smallest absolute Gasteiger partial charge is 0.310 e. The summed E-state index contributed by atoms with van der Waals surface area (Å²) in [6, 6.07) is 13.0. The third kappa shape index (κ3) is 3.64. The van der Waals surface area contributed by atoms with E-state index in [-0.39, 0.29) is 18.0 Å². The Morgan fingerprint density at radius 1 is 1.21 bits per heavy atom. The highest BCUT2D eigenvalue weighted by Crippen LogP contribution is 2.27. The predicted molar refractivity (Wildman–Crippen MR) is 101 cm³/mol. The van der Waals surface area contributed by atoms with Crippen LogP contribution in [0.1, 0.15) is 0 Å². The van der Waals surface area contributed by atoms with Gasteiger partial charge in [0.1, 0.15) is 11.3 Å². The molecule has 0 saturated heterocycles. The average molecular weight is 396 g/mol. The van der Waals surface area contributed by atoms with Gasteiger partial charge in [-0.3, -0.25) is 14.9 Å². The van der Waals surface area contributed by atoms with Gasteiger partial charge >= 0.3 is 5.69 Å². The lowest BCUT2D eigenvalue weighted by molar-refractivity contribution is -0.385. The van der Waals surface area contributed by atoms with Crippen molar-refractivity contribution in [2.45, 2.75) is 0 Å². The molecule has 0 aliphatic rings. The first-order valence-corrected chi connectivity index (χ1v) is 8.85. The minimum atomic E-state index is -0.558. The van der Waals surface area contributed by atoms with Crippen LogP contribution in [0.2, 0.25) is 0 Å². The van der Waals surface area contributed by atoms with E-state index in [9.17, 15) is 14.9 Å². The van der Waals surface area contributed by atoms with Gasteiger partial charge in [0.2, 0.25) is 4.96 Å². The number of hydrogen-bond acceptors (Lipinski definition) is 8. The molecule has 0 saturated carbocycles. The topological polar surface area (TPSA) is 125 Å². The molecule has 0 radical (unpaired) electrons. The quantitative estimate of drug-likeness (QED) is 0.392. The molecule has 10 nitrogen and oxygen atoms in total. The van der Waals surface area contributed by atoms with Gasteiger partial charge in [-0.1, -0.05) is 23.5 Å². The monoisotopic (exact) mass is 396 g/mol. The number of carbonyl (C=O) groups is 1. The molecule has 0 fully saturated rings. The van der Waals surface area contributed by atoms with E-state index in [0.717, 1.165) is 10.6 Å². The number of nitro benzene ring substituents is 1. The summed E-state index contributed by atoms with van der Waals surface area (Å²) in [7, 11) is 0. The second kappa shape index (κ2) is 7.40. The third-order valence-electron chi connectivity index (χ3n) is 3.72. The van der Waals surface area contributed by atoms with Gasteiger partial charge in [0.25, 0.3) is 5.91 Å². The molecular weight excluding hydrogens is 384 g/mol. The molecular formula is C17H12N6O4S. The Labute approximate surface area is 161 Å². The molecule has 0 spiro atoms. The summed E-state index contributed by atoms with van der Waals surface area (Å²) in [5, 5.41) is 26.5. The maximum atomic E-state index is 12.1. The van der Waals surface area contributed by atoms with E-state index in [0.29, 0.717) is 10.6 Å². The van der Waals surface area contributed by atoms with Crippen molar-refractivity contribution in [3.8, 4) is 16.3 Å². The van der Waals surface area contributed by atoms with Crippen LogP contribution >= 0.6 is 11.3 Å². The van der Waals surface area contributed by atoms with Gasteiger partial charge in [-0.05, 0) is 30.3 Å². The lowest BCUT2D eigenvalue weighted by atomic mass is 10.2. The summed E-state index contributed by atoms with van der Waals surface area (Å²) in [5.74, 6) is -0.383. The summed E-state index contributed by atoms with van der Waals surface area (Å²) >= 11 is 1.40. The van der Waals surface area contributed by atoms with Crippen LogP contribution in [0, 0.1) is 10.1 Å². The van der Waals surface area contributed by atoms with Crippen molar-refractivity contribution >= 4 is 33.6 Å². The molecule has 0 aliphatic heterocycles. The van der Waals surface area contributed by atoms with Gasteiger partial charge in [0.05, 0.1) is 4.92 Å². The van der Waals surface area contributed by atoms with Crippen molar-refractivity contribution in [2.75, 3.05) is 11.9 Å². The zero-order valence-corrected chi connectivity index (χ0v) is 15.0. The summed E-state index contributed by atoms with van der Waals surface area (Å²) in [5.41, 5.74) is 1.26. The van der Waals surface area contributed by atoms with Crippen molar-refractivity contribution in [1.29, 1.82) is 0 Å². The number of aromatic nitrogens is 4. The number of fused-ring (bicyclic) bond motifs is 1. The number of amides is 1. The maximum absolute atomic E-state index is 12.1. The van der Waals surface area contributed by atoms with E-state index in [1.165, 1.54) is 35.9 Å². The van der Waals surface area contributed by atoms with Gasteiger partial charge in [0, 0.05) is 17.3 Å². The first-order chi connectivity index (χ1) is 13.6. The Bertz CT molecular complexity index is 1130. The zero-order chi connectivity index (χ0) is 19.5. The lowest BCUT2D eigenvalue weighted by Crippen LogP contribution is -2.20. The van der Waals surface area contributed by atoms with E-state index in [1.807, 2.05) is 12.1 Å². The molecule has 140 valence electrons. The van der Waals surface area contributed by atoms with E-state index in [4.69, 9.17) is 4.74 Å². The Morgan fingerprint density at radius 2 is 2.00 bits per heavy atom. The van der Waals surface area contributed by atoms with Crippen molar-refractivity contribution in [2.24, 2.45) is 0 Å². The van der Waals surface area contributed by atoms with Gasteiger partial charge in [-0.15, -0.1) is 10.2 Å². The van der Waals surface area contributed by atoms with E-state index in [2.05, 4.69) is 20.6 Å². The number of benzene rings is 2. The highest BCUT2D eigenvalue weighted by atomic mass is 32.1. The lowest BCUT2D eigenvalue weighted by Gasteiger charge is -2.08. The van der Waals surface area contributed by atoms with Crippen LogP contribution in [0.25, 0.3) is 15.5 Å². The molecule has 0 unspecified atom stereocenters. The molecule has 0 aliphatic carbocycles. The Hall–Kier alpha value is -3.86. The van der Waals surface area contributed by atoms with Crippen molar-refractivity contribution < 1.29 is 14.5 Å². The van der Waals surface area contributed by atoms with Crippen LogP contribution in [-0.2, 0) is 4.79 Å². The molecule has 2 heterocycles.